The van der Waals surface area contributed by atoms with Gasteiger partial charge in [0.05, 0.1) is 25.4 Å². The first-order chi connectivity index (χ1) is 9.31. The molecule has 2 aromatic heterocycles. The molecule has 0 bridgehead atoms. The summed E-state index contributed by atoms with van der Waals surface area (Å²) < 4.78 is 9.55. The summed E-state index contributed by atoms with van der Waals surface area (Å²) in [5, 5.41) is 5.45. The molecule has 0 atom stereocenters. The van der Waals surface area contributed by atoms with Gasteiger partial charge in [0.1, 0.15) is 5.75 Å². The van der Waals surface area contributed by atoms with Crippen LogP contribution in [0, 0.1) is 0 Å². The van der Waals surface area contributed by atoms with Crippen molar-refractivity contribution in [3.05, 3.63) is 48.4 Å². The van der Waals surface area contributed by atoms with Crippen LogP contribution in [0.1, 0.15) is 12.5 Å². The van der Waals surface area contributed by atoms with E-state index in [-0.39, 0.29) is 0 Å². The molecule has 0 aliphatic heterocycles. The molecule has 3 aromatic rings. The number of benzene rings is 1. The number of rotatable bonds is 4. The second-order valence-corrected chi connectivity index (χ2v) is 4.54. The van der Waals surface area contributed by atoms with Crippen LogP contribution in [0.5, 0.6) is 5.75 Å². The van der Waals surface area contributed by atoms with E-state index in [4.69, 9.17) is 4.74 Å². The van der Waals surface area contributed by atoms with Crippen molar-refractivity contribution in [2.24, 2.45) is 0 Å². The lowest BCUT2D eigenvalue weighted by atomic mass is 10.2. The third kappa shape index (κ3) is 2.10. The normalized spacial score (nSPS) is 11.1. The summed E-state index contributed by atoms with van der Waals surface area (Å²) in [6, 6.07) is 8.22. The standard InChI is InChI=1S/C15H17N3O/c1-3-18-11-12(9-16-18)10-17-8-7-13-14(17)5-4-6-15(13)19-2/h4-9,11H,3,10H2,1-2H3. The van der Waals surface area contributed by atoms with Gasteiger partial charge in [0.2, 0.25) is 0 Å². The molecule has 0 radical (unpaired) electrons. The van der Waals surface area contributed by atoms with E-state index in [1.54, 1.807) is 7.11 Å². The van der Waals surface area contributed by atoms with Gasteiger partial charge in [-0.15, -0.1) is 0 Å². The summed E-state index contributed by atoms with van der Waals surface area (Å²) in [6.45, 7) is 3.82. The van der Waals surface area contributed by atoms with Crippen LogP contribution in [-0.4, -0.2) is 21.5 Å². The molecule has 3 rings (SSSR count). The zero-order valence-electron chi connectivity index (χ0n) is 11.2. The number of hydrogen-bond acceptors (Lipinski definition) is 2. The zero-order valence-corrected chi connectivity index (χ0v) is 11.2. The molecule has 0 fully saturated rings. The highest BCUT2D eigenvalue weighted by atomic mass is 16.5. The van der Waals surface area contributed by atoms with Crippen LogP contribution in [-0.2, 0) is 13.1 Å². The highest BCUT2D eigenvalue weighted by molar-refractivity contribution is 5.86. The van der Waals surface area contributed by atoms with Crippen LogP contribution in [0.25, 0.3) is 10.9 Å². The summed E-state index contributed by atoms with van der Waals surface area (Å²) in [7, 11) is 1.71. The average Bonchev–Trinajstić information content (AvgIpc) is 3.06. The third-order valence-corrected chi connectivity index (χ3v) is 3.36. The molecule has 0 N–H and O–H groups in total. The Morgan fingerprint density at radius 2 is 2.16 bits per heavy atom. The molecule has 98 valence electrons. The second-order valence-electron chi connectivity index (χ2n) is 4.54. The number of methoxy groups -OCH3 is 1. The van der Waals surface area contributed by atoms with E-state index < -0.39 is 0 Å². The first kappa shape index (κ1) is 11.8. The smallest absolute Gasteiger partial charge is 0.128 e. The van der Waals surface area contributed by atoms with Gasteiger partial charge in [0.25, 0.3) is 0 Å². The van der Waals surface area contributed by atoms with Crippen molar-refractivity contribution < 1.29 is 4.74 Å². The van der Waals surface area contributed by atoms with Crippen LogP contribution in [0.2, 0.25) is 0 Å². The molecular formula is C15H17N3O. The van der Waals surface area contributed by atoms with E-state index in [0.29, 0.717) is 0 Å². The van der Waals surface area contributed by atoms with Crippen molar-refractivity contribution in [2.45, 2.75) is 20.0 Å². The van der Waals surface area contributed by atoms with Gasteiger partial charge in [-0.3, -0.25) is 4.68 Å². The van der Waals surface area contributed by atoms with Crippen molar-refractivity contribution in [1.82, 2.24) is 14.3 Å². The third-order valence-electron chi connectivity index (χ3n) is 3.36. The zero-order chi connectivity index (χ0) is 13.2. The first-order valence-corrected chi connectivity index (χ1v) is 6.45. The Hall–Kier alpha value is -2.23. The molecule has 19 heavy (non-hydrogen) atoms. The molecule has 0 aliphatic carbocycles. The van der Waals surface area contributed by atoms with E-state index in [2.05, 4.69) is 41.1 Å². The fourth-order valence-corrected chi connectivity index (χ4v) is 2.37. The van der Waals surface area contributed by atoms with Crippen molar-refractivity contribution in [3.63, 3.8) is 0 Å². The van der Waals surface area contributed by atoms with Gasteiger partial charge >= 0.3 is 0 Å². The highest BCUT2D eigenvalue weighted by Gasteiger charge is 2.06. The minimum absolute atomic E-state index is 0.830. The van der Waals surface area contributed by atoms with Crippen molar-refractivity contribution >= 4 is 10.9 Å². The Morgan fingerprint density at radius 1 is 1.26 bits per heavy atom. The molecular weight excluding hydrogens is 238 g/mol. The monoisotopic (exact) mass is 255 g/mol. The second kappa shape index (κ2) is 4.80. The lowest BCUT2D eigenvalue weighted by molar-refractivity contribution is 0.420. The quantitative estimate of drug-likeness (QED) is 0.718. The number of ether oxygens (including phenoxy) is 1. The van der Waals surface area contributed by atoms with Gasteiger partial charge in [-0.05, 0) is 25.1 Å². The van der Waals surface area contributed by atoms with Crippen LogP contribution in [0.15, 0.2) is 42.9 Å². The van der Waals surface area contributed by atoms with Crippen molar-refractivity contribution in [3.8, 4) is 5.75 Å². The average molecular weight is 255 g/mol. The predicted octanol–water partition coefficient (Wildman–Crippen LogP) is 2.91. The molecule has 0 unspecified atom stereocenters. The van der Waals surface area contributed by atoms with Gasteiger partial charge in [0, 0.05) is 29.9 Å². The van der Waals surface area contributed by atoms with Gasteiger partial charge < -0.3 is 9.30 Å². The van der Waals surface area contributed by atoms with E-state index in [0.717, 1.165) is 24.2 Å². The number of aromatic nitrogens is 3. The molecule has 4 nitrogen and oxygen atoms in total. The fourth-order valence-electron chi connectivity index (χ4n) is 2.37. The van der Waals surface area contributed by atoms with E-state index in [1.165, 1.54) is 11.1 Å². The topological polar surface area (TPSA) is 32.0 Å². The largest absolute Gasteiger partial charge is 0.496 e. The van der Waals surface area contributed by atoms with Gasteiger partial charge in [-0.25, -0.2) is 0 Å². The molecule has 0 saturated carbocycles. The Kier molecular flexibility index (Phi) is 2.99. The van der Waals surface area contributed by atoms with Crippen molar-refractivity contribution in [2.75, 3.05) is 7.11 Å². The van der Waals surface area contributed by atoms with Crippen LogP contribution in [0.3, 0.4) is 0 Å². The minimum Gasteiger partial charge on any atom is -0.496 e. The summed E-state index contributed by atoms with van der Waals surface area (Å²) in [5.41, 5.74) is 2.39. The fraction of sp³-hybridized carbons (Fsp3) is 0.267. The molecule has 4 heteroatoms. The number of hydrogen-bond donors (Lipinski definition) is 0. The summed E-state index contributed by atoms with van der Waals surface area (Å²) in [5.74, 6) is 0.917. The maximum Gasteiger partial charge on any atom is 0.128 e. The summed E-state index contributed by atoms with van der Waals surface area (Å²) >= 11 is 0. The minimum atomic E-state index is 0.830. The van der Waals surface area contributed by atoms with Crippen LogP contribution < -0.4 is 4.74 Å². The maximum atomic E-state index is 5.38. The Morgan fingerprint density at radius 3 is 2.89 bits per heavy atom. The lowest BCUT2D eigenvalue weighted by Crippen LogP contribution is -1.97. The maximum absolute atomic E-state index is 5.38. The molecule has 0 spiro atoms. The summed E-state index contributed by atoms with van der Waals surface area (Å²) in [6.07, 6.45) is 6.11. The SMILES string of the molecule is CCn1cc(Cn2ccc3c(OC)cccc32)cn1. The van der Waals surface area contributed by atoms with E-state index >= 15 is 0 Å². The van der Waals surface area contributed by atoms with E-state index in [1.807, 2.05) is 23.0 Å². The summed E-state index contributed by atoms with van der Waals surface area (Å²) in [4.78, 5) is 0. The van der Waals surface area contributed by atoms with Gasteiger partial charge in [-0.1, -0.05) is 6.07 Å². The molecule has 1 aromatic carbocycles. The molecule has 0 aliphatic rings. The van der Waals surface area contributed by atoms with Crippen molar-refractivity contribution in [1.29, 1.82) is 0 Å². The molecule has 0 saturated heterocycles. The first-order valence-electron chi connectivity index (χ1n) is 6.45. The predicted molar refractivity (Wildman–Crippen MR) is 75.5 cm³/mol. The Balaban J connectivity index is 1.97. The van der Waals surface area contributed by atoms with Gasteiger partial charge in [0.15, 0.2) is 0 Å². The van der Waals surface area contributed by atoms with Crippen LogP contribution >= 0.6 is 0 Å². The molecule has 0 amide bonds. The lowest BCUT2D eigenvalue weighted by Gasteiger charge is -2.05. The number of aryl methyl sites for hydroxylation is 1. The molecule has 2 heterocycles. The van der Waals surface area contributed by atoms with Gasteiger partial charge in [-0.2, -0.15) is 5.10 Å². The Bertz CT molecular complexity index is 696. The Labute approximate surface area is 112 Å². The number of nitrogens with zero attached hydrogens (tertiary/aromatic N) is 3. The number of fused-ring (bicyclic) bond motifs is 1. The van der Waals surface area contributed by atoms with Crippen LogP contribution in [0.4, 0.5) is 0 Å². The highest BCUT2D eigenvalue weighted by Crippen LogP contribution is 2.26. The van der Waals surface area contributed by atoms with E-state index in [9.17, 15) is 0 Å².